The lowest BCUT2D eigenvalue weighted by molar-refractivity contribution is 0.395. The van der Waals surface area contributed by atoms with E-state index >= 15 is 0 Å². The van der Waals surface area contributed by atoms with Crippen LogP contribution in [-0.4, -0.2) is 18.6 Å². The third-order valence-corrected chi connectivity index (χ3v) is 3.91. The Morgan fingerprint density at radius 1 is 1.37 bits per heavy atom. The highest BCUT2D eigenvalue weighted by Gasteiger charge is 2.16. The average molecular weight is 322 g/mol. The first-order valence-corrected chi connectivity index (χ1v) is 7.51. The zero-order valence-electron chi connectivity index (χ0n) is 9.72. The highest BCUT2D eigenvalue weighted by Crippen LogP contribution is 2.23. The molecule has 9 heteroatoms. The number of nitrogens with one attached hydrogen (secondary N) is 1. The summed E-state index contributed by atoms with van der Waals surface area (Å²) in [5.74, 6) is -0.152. The van der Waals surface area contributed by atoms with Crippen LogP contribution >= 0.6 is 23.2 Å². The highest BCUT2D eigenvalue weighted by atomic mass is 35.5. The monoisotopic (exact) mass is 321 g/mol. The Kier molecular flexibility index (Phi) is 3.98. The molecule has 1 aromatic heterocycles. The van der Waals surface area contributed by atoms with Crippen LogP contribution in [0.2, 0.25) is 10.0 Å². The molecule has 0 spiro atoms. The van der Waals surface area contributed by atoms with Gasteiger partial charge in [0, 0.05) is 17.0 Å². The number of rotatable bonds is 4. The first kappa shape index (κ1) is 14.1. The van der Waals surface area contributed by atoms with E-state index in [0.717, 1.165) is 0 Å². The van der Waals surface area contributed by atoms with E-state index in [1.165, 1.54) is 6.07 Å². The minimum atomic E-state index is -3.67. The molecule has 0 amide bonds. The molecular formula is C10H9Cl2N3O3S. The van der Waals surface area contributed by atoms with Crippen molar-refractivity contribution in [2.24, 2.45) is 0 Å². The molecule has 0 aliphatic rings. The molecule has 1 N–H and O–H groups in total. The van der Waals surface area contributed by atoms with Gasteiger partial charge in [-0.25, -0.2) is 13.1 Å². The Bertz CT molecular complexity index is 700. The van der Waals surface area contributed by atoms with Crippen LogP contribution < -0.4 is 4.72 Å². The van der Waals surface area contributed by atoms with E-state index in [2.05, 4.69) is 19.4 Å². The van der Waals surface area contributed by atoms with Gasteiger partial charge in [0.05, 0.1) is 5.75 Å². The second-order valence-corrected chi connectivity index (χ2v) is 6.30. The topological polar surface area (TPSA) is 85.1 Å². The fourth-order valence-electron chi connectivity index (χ4n) is 1.36. The molecular weight excluding hydrogens is 313 g/mol. The summed E-state index contributed by atoms with van der Waals surface area (Å²) in [6.45, 7) is 1.56. The van der Waals surface area contributed by atoms with Crippen molar-refractivity contribution >= 4 is 39.2 Å². The van der Waals surface area contributed by atoms with Crippen molar-refractivity contribution in [2.45, 2.75) is 12.7 Å². The van der Waals surface area contributed by atoms with Gasteiger partial charge in [0.15, 0.2) is 0 Å². The number of hydrogen-bond donors (Lipinski definition) is 1. The summed E-state index contributed by atoms with van der Waals surface area (Å²) >= 11 is 11.7. The fraction of sp³-hybridized carbons (Fsp3) is 0.200. The van der Waals surface area contributed by atoms with Crippen LogP contribution in [0.3, 0.4) is 0 Å². The summed E-state index contributed by atoms with van der Waals surface area (Å²) < 4.78 is 30.6. The Morgan fingerprint density at radius 3 is 2.68 bits per heavy atom. The van der Waals surface area contributed by atoms with Crippen molar-refractivity contribution in [1.29, 1.82) is 0 Å². The zero-order chi connectivity index (χ0) is 14.0. The quantitative estimate of drug-likeness (QED) is 0.935. The Morgan fingerprint density at radius 2 is 2.11 bits per heavy atom. The number of nitrogens with zero attached hydrogens (tertiary/aromatic N) is 2. The molecule has 0 atom stereocenters. The predicted molar refractivity (Wildman–Crippen MR) is 71.7 cm³/mol. The number of aryl methyl sites for hydroxylation is 1. The Labute approximate surface area is 119 Å². The van der Waals surface area contributed by atoms with Gasteiger partial charge in [0.2, 0.25) is 15.9 Å². The third kappa shape index (κ3) is 3.82. The summed E-state index contributed by atoms with van der Waals surface area (Å²) in [5.41, 5.74) is 0.429. The van der Waals surface area contributed by atoms with Crippen LogP contribution in [0.4, 0.5) is 5.95 Å². The maximum atomic E-state index is 11.9. The van der Waals surface area contributed by atoms with E-state index in [0.29, 0.717) is 10.6 Å². The van der Waals surface area contributed by atoms with Crippen molar-refractivity contribution in [3.63, 3.8) is 0 Å². The van der Waals surface area contributed by atoms with Gasteiger partial charge in [0.1, 0.15) is 0 Å². The summed E-state index contributed by atoms with van der Waals surface area (Å²) in [6.07, 6.45) is 0. The van der Waals surface area contributed by atoms with Gasteiger partial charge >= 0.3 is 0 Å². The van der Waals surface area contributed by atoms with E-state index < -0.39 is 10.0 Å². The summed E-state index contributed by atoms with van der Waals surface area (Å²) in [4.78, 5) is 3.75. The number of benzene rings is 1. The van der Waals surface area contributed by atoms with Gasteiger partial charge < -0.3 is 4.52 Å². The number of halogens is 2. The van der Waals surface area contributed by atoms with E-state index in [4.69, 9.17) is 23.2 Å². The van der Waals surface area contributed by atoms with Crippen LogP contribution in [0.5, 0.6) is 0 Å². The number of aromatic nitrogens is 2. The lowest BCUT2D eigenvalue weighted by Crippen LogP contribution is -2.16. The predicted octanol–water partition coefficient (Wildman–Crippen LogP) is 2.63. The minimum Gasteiger partial charge on any atom is -0.338 e. The van der Waals surface area contributed by atoms with Crippen molar-refractivity contribution < 1.29 is 12.9 Å². The largest absolute Gasteiger partial charge is 0.338 e. The average Bonchev–Trinajstić information content (AvgIpc) is 2.67. The molecule has 0 saturated carbocycles. The van der Waals surface area contributed by atoms with Gasteiger partial charge in [-0.2, -0.15) is 4.98 Å². The molecule has 6 nitrogen and oxygen atoms in total. The van der Waals surface area contributed by atoms with E-state index in [1.54, 1.807) is 19.1 Å². The molecule has 0 aliphatic heterocycles. The van der Waals surface area contributed by atoms with Crippen LogP contribution in [0, 0.1) is 6.92 Å². The molecule has 0 unspecified atom stereocenters. The normalized spacial score (nSPS) is 11.5. The minimum absolute atomic E-state index is 0.109. The summed E-state index contributed by atoms with van der Waals surface area (Å²) in [7, 11) is -3.67. The first-order chi connectivity index (χ1) is 8.85. The summed E-state index contributed by atoms with van der Waals surface area (Å²) in [6, 6.07) is 4.59. The van der Waals surface area contributed by atoms with Gasteiger partial charge in [-0.1, -0.05) is 29.3 Å². The Balaban J connectivity index is 2.17. The van der Waals surface area contributed by atoms with E-state index in [9.17, 15) is 8.42 Å². The van der Waals surface area contributed by atoms with Crippen LogP contribution in [0.25, 0.3) is 0 Å². The molecule has 0 saturated heterocycles. The molecule has 1 heterocycles. The molecule has 102 valence electrons. The summed E-state index contributed by atoms with van der Waals surface area (Å²) in [5, 5.41) is 4.17. The van der Waals surface area contributed by atoms with Crippen LogP contribution in [0.15, 0.2) is 22.7 Å². The second kappa shape index (κ2) is 5.36. The SMILES string of the molecule is Cc1nc(NS(=O)(=O)Cc2ccc(Cl)cc2Cl)no1. The van der Waals surface area contributed by atoms with Gasteiger partial charge in [-0.3, -0.25) is 0 Å². The zero-order valence-corrected chi connectivity index (χ0v) is 12.1. The van der Waals surface area contributed by atoms with E-state index in [1.807, 2.05) is 0 Å². The lowest BCUT2D eigenvalue weighted by atomic mass is 10.2. The number of hydrogen-bond acceptors (Lipinski definition) is 5. The molecule has 0 bridgehead atoms. The van der Waals surface area contributed by atoms with E-state index in [-0.39, 0.29) is 22.6 Å². The molecule has 1 aromatic carbocycles. The maximum absolute atomic E-state index is 11.9. The standard InChI is InChI=1S/C10H9Cl2N3O3S/c1-6-13-10(14-18-6)15-19(16,17)5-7-2-3-8(11)4-9(7)12/h2-4H,5H2,1H3,(H,14,15). The first-order valence-electron chi connectivity index (χ1n) is 5.10. The van der Waals surface area contributed by atoms with Crippen molar-refractivity contribution in [1.82, 2.24) is 10.1 Å². The number of anilines is 1. The van der Waals surface area contributed by atoms with Gasteiger partial charge in [-0.15, -0.1) is 0 Å². The fourth-order valence-corrected chi connectivity index (χ4v) is 3.01. The van der Waals surface area contributed by atoms with Gasteiger partial charge in [0.25, 0.3) is 5.95 Å². The van der Waals surface area contributed by atoms with Gasteiger partial charge in [-0.05, 0) is 22.9 Å². The van der Waals surface area contributed by atoms with Crippen molar-refractivity contribution in [2.75, 3.05) is 4.72 Å². The molecule has 0 aliphatic carbocycles. The number of sulfonamides is 1. The molecule has 0 fully saturated rings. The highest BCUT2D eigenvalue weighted by molar-refractivity contribution is 7.91. The van der Waals surface area contributed by atoms with Crippen molar-refractivity contribution in [3.05, 3.63) is 39.7 Å². The maximum Gasteiger partial charge on any atom is 0.277 e. The second-order valence-electron chi connectivity index (χ2n) is 3.73. The lowest BCUT2D eigenvalue weighted by Gasteiger charge is -2.06. The third-order valence-electron chi connectivity index (χ3n) is 2.13. The smallest absolute Gasteiger partial charge is 0.277 e. The van der Waals surface area contributed by atoms with Crippen molar-refractivity contribution in [3.8, 4) is 0 Å². The molecule has 0 radical (unpaired) electrons. The molecule has 2 aromatic rings. The van der Waals surface area contributed by atoms with Crippen LogP contribution in [0.1, 0.15) is 11.5 Å². The van der Waals surface area contributed by atoms with Crippen LogP contribution in [-0.2, 0) is 15.8 Å². The Hall–Kier alpha value is -1.31. The molecule has 2 rings (SSSR count). The molecule has 19 heavy (non-hydrogen) atoms.